The summed E-state index contributed by atoms with van der Waals surface area (Å²) in [6.07, 6.45) is -6.56. The van der Waals surface area contributed by atoms with Crippen LogP contribution in [0.4, 0.5) is 0 Å². The lowest BCUT2D eigenvalue weighted by Crippen LogP contribution is -2.60. The molecule has 1 unspecified atom stereocenters. The van der Waals surface area contributed by atoms with Crippen LogP contribution in [-0.2, 0) is 19.0 Å². The molecule has 13 nitrogen and oxygen atoms in total. The first-order chi connectivity index (χ1) is 16.5. The van der Waals surface area contributed by atoms with Crippen molar-refractivity contribution in [2.75, 3.05) is 6.61 Å². The van der Waals surface area contributed by atoms with E-state index < -0.39 is 77.8 Å². The topological polar surface area (TPSA) is 224 Å². The lowest BCUT2D eigenvalue weighted by molar-refractivity contribution is -0.290. The molecule has 0 saturated carbocycles. The molecule has 5 atom stereocenters. The van der Waals surface area contributed by atoms with Gasteiger partial charge in [0.2, 0.25) is 6.29 Å². The van der Waals surface area contributed by atoms with Gasteiger partial charge in [-0.25, -0.2) is 9.59 Å². The number of aliphatic hydroxyl groups excluding tert-OH is 3. The number of hydrogen-bond donors (Lipinski definition) is 8. The highest BCUT2D eigenvalue weighted by molar-refractivity contribution is 5.91. The van der Waals surface area contributed by atoms with Crippen LogP contribution >= 0.6 is 0 Å². The number of phenolic OH excluding ortho intramolecular Hbond substituents is 5. The average Bonchev–Trinajstić information content (AvgIpc) is 2.82. The molecule has 1 aliphatic heterocycles. The minimum absolute atomic E-state index is 0.318. The van der Waals surface area contributed by atoms with Crippen molar-refractivity contribution in [1.82, 2.24) is 0 Å². The molecular weight excluding hydrogens is 472 g/mol. The highest BCUT2D eigenvalue weighted by Gasteiger charge is 2.48. The molecule has 3 rings (SSSR count). The number of benzene rings is 2. The molecule has 13 heteroatoms. The zero-order valence-electron chi connectivity index (χ0n) is 17.8. The Labute approximate surface area is 196 Å². The lowest BCUT2D eigenvalue weighted by atomic mass is 9.99. The van der Waals surface area contributed by atoms with E-state index in [1.165, 1.54) is 18.2 Å². The summed E-state index contributed by atoms with van der Waals surface area (Å²) in [4.78, 5) is 24.6. The number of aliphatic hydroxyl groups is 3. The maximum absolute atomic E-state index is 12.4. The minimum Gasteiger partial charge on any atom is -0.504 e. The summed E-state index contributed by atoms with van der Waals surface area (Å²) in [6, 6.07) is 5.27. The van der Waals surface area contributed by atoms with Gasteiger partial charge in [0.05, 0.1) is 12.2 Å². The Morgan fingerprint density at radius 3 is 2.14 bits per heavy atom. The molecular formula is C22H22O13. The van der Waals surface area contributed by atoms with Gasteiger partial charge in [0.25, 0.3) is 0 Å². The minimum atomic E-state index is -1.92. The second kappa shape index (κ2) is 10.5. The Kier molecular flexibility index (Phi) is 7.66. The van der Waals surface area contributed by atoms with Crippen molar-refractivity contribution in [2.24, 2.45) is 0 Å². The van der Waals surface area contributed by atoms with E-state index in [9.17, 15) is 50.4 Å². The van der Waals surface area contributed by atoms with Crippen molar-refractivity contribution in [1.29, 1.82) is 0 Å². The Hall–Kier alpha value is -4.04. The number of esters is 2. The van der Waals surface area contributed by atoms with Gasteiger partial charge in [-0.3, -0.25) is 0 Å². The zero-order valence-corrected chi connectivity index (χ0v) is 17.8. The summed E-state index contributed by atoms with van der Waals surface area (Å²) in [7, 11) is 0. The third-order valence-electron chi connectivity index (χ3n) is 5.01. The van der Waals surface area contributed by atoms with Gasteiger partial charge in [-0.1, -0.05) is 6.07 Å². The summed E-state index contributed by atoms with van der Waals surface area (Å²) in [5.74, 6) is -5.63. The Bertz CT molecular complexity index is 1110. The third kappa shape index (κ3) is 5.73. The van der Waals surface area contributed by atoms with E-state index in [1.807, 2.05) is 0 Å². The summed E-state index contributed by atoms with van der Waals surface area (Å²) in [5, 5.41) is 77.6. The van der Waals surface area contributed by atoms with Crippen LogP contribution in [0.25, 0.3) is 6.08 Å². The van der Waals surface area contributed by atoms with Crippen LogP contribution in [0.15, 0.2) is 36.4 Å². The molecule has 0 aromatic heterocycles. The number of phenols is 5. The SMILES string of the molecule is O=C(/C=C/c1ccc(O)c(O)c1)OC1O[C@H](CO)[C@@H](O)[C@H](OC(=O)c2cc(O)c(O)c(O)c2)[C@H]1O. The van der Waals surface area contributed by atoms with Gasteiger partial charge in [-0.05, 0) is 35.9 Å². The standard InChI is InChI=1S/C22H22O13/c23-8-15-18(30)20(35-21(32)10-6-13(26)17(29)14(27)7-10)19(31)22(33-15)34-16(28)4-2-9-1-3-11(24)12(25)5-9/h1-7,15,18-20,22-27,29-31H,8H2/b4-2+/t15-,18-,19-,20+,22?/m1/s1. The summed E-state index contributed by atoms with van der Waals surface area (Å²) >= 11 is 0. The monoisotopic (exact) mass is 494 g/mol. The third-order valence-corrected chi connectivity index (χ3v) is 5.01. The van der Waals surface area contributed by atoms with Crippen molar-refractivity contribution in [3.8, 4) is 28.7 Å². The fourth-order valence-corrected chi connectivity index (χ4v) is 3.17. The molecule has 1 aliphatic rings. The van der Waals surface area contributed by atoms with E-state index >= 15 is 0 Å². The molecule has 0 radical (unpaired) electrons. The van der Waals surface area contributed by atoms with Crippen LogP contribution in [0.1, 0.15) is 15.9 Å². The van der Waals surface area contributed by atoms with Crippen LogP contribution in [0.5, 0.6) is 28.7 Å². The second-order valence-electron chi connectivity index (χ2n) is 7.46. The quantitative estimate of drug-likeness (QED) is 0.143. The predicted octanol–water partition coefficient (Wildman–Crippen LogP) is -0.564. The van der Waals surface area contributed by atoms with Crippen molar-refractivity contribution in [3.63, 3.8) is 0 Å². The molecule has 1 fully saturated rings. The number of rotatable bonds is 6. The molecule has 2 aromatic carbocycles. The van der Waals surface area contributed by atoms with Gasteiger partial charge in [-0.2, -0.15) is 0 Å². The molecule has 0 bridgehead atoms. The van der Waals surface area contributed by atoms with Crippen molar-refractivity contribution in [2.45, 2.75) is 30.7 Å². The van der Waals surface area contributed by atoms with Gasteiger partial charge in [0.15, 0.2) is 41.0 Å². The van der Waals surface area contributed by atoms with Crippen molar-refractivity contribution in [3.05, 3.63) is 47.5 Å². The molecule has 0 aliphatic carbocycles. The maximum atomic E-state index is 12.4. The van der Waals surface area contributed by atoms with Crippen molar-refractivity contribution < 1.29 is 64.7 Å². The summed E-state index contributed by atoms with van der Waals surface area (Å²) in [5.41, 5.74) is -0.129. The summed E-state index contributed by atoms with van der Waals surface area (Å²) in [6.45, 7) is -0.806. The normalized spacial score (nSPS) is 24.3. The molecule has 0 spiro atoms. The maximum Gasteiger partial charge on any atom is 0.338 e. The van der Waals surface area contributed by atoms with E-state index in [1.54, 1.807) is 0 Å². The number of ether oxygens (including phenoxy) is 3. The Morgan fingerprint density at radius 1 is 0.886 bits per heavy atom. The van der Waals surface area contributed by atoms with E-state index in [0.717, 1.165) is 24.3 Å². The first-order valence-corrected chi connectivity index (χ1v) is 10.0. The van der Waals surface area contributed by atoms with Crippen molar-refractivity contribution >= 4 is 18.0 Å². The van der Waals surface area contributed by atoms with Crippen LogP contribution in [-0.4, -0.2) is 90.1 Å². The average molecular weight is 494 g/mol. The molecule has 1 heterocycles. The van der Waals surface area contributed by atoms with E-state index in [4.69, 9.17) is 14.2 Å². The van der Waals surface area contributed by atoms with Gasteiger partial charge in [0, 0.05) is 6.08 Å². The smallest absolute Gasteiger partial charge is 0.338 e. The zero-order chi connectivity index (χ0) is 25.9. The second-order valence-corrected chi connectivity index (χ2v) is 7.46. The largest absolute Gasteiger partial charge is 0.504 e. The lowest BCUT2D eigenvalue weighted by Gasteiger charge is -2.40. The van der Waals surface area contributed by atoms with Crippen LogP contribution in [0.2, 0.25) is 0 Å². The highest BCUT2D eigenvalue weighted by Crippen LogP contribution is 2.36. The predicted molar refractivity (Wildman–Crippen MR) is 113 cm³/mol. The first kappa shape index (κ1) is 25.6. The first-order valence-electron chi connectivity index (χ1n) is 10.0. The Morgan fingerprint density at radius 2 is 1.54 bits per heavy atom. The van der Waals surface area contributed by atoms with Gasteiger partial charge < -0.3 is 55.1 Å². The van der Waals surface area contributed by atoms with Crippen LogP contribution in [0.3, 0.4) is 0 Å². The number of carbonyl (C=O) groups excluding carboxylic acids is 2. The van der Waals surface area contributed by atoms with Gasteiger partial charge >= 0.3 is 11.9 Å². The van der Waals surface area contributed by atoms with Gasteiger partial charge in [-0.15, -0.1) is 0 Å². The van der Waals surface area contributed by atoms with E-state index in [0.29, 0.717) is 5.56 Å². The van der Waals surface area contributed by atoms with E-state index in [-0.39, 0.29) is 5.75 Å². The molecule has 0 amide bonds. The molecule has 8 N–H and O–H groups in total. The highest BCUT2D eigenvalue weighted by atomic mass is 16.7. The fourth-order valence-electron chi connectivity index (χ4n) is 3.17. The van der Waals surface area contributed by atoms with Gasteiger partial charge in [0.1, 0.15) is 12.2 Å². The van der Waals surface area contributed by atoms with Crippen LogP contribution in [0, 0.1) is 0 Å². The molecule has 2 aromatic rings. The van der Waals surface area contributed by atoms with E-state index in [2.05, 4.69) is 0 Å². The van der Waals surface area contributed by atoms with Crippen LogP contribution < -0.4 is 0 Å². The summed E-state index contributed by atoms with van der Waals surface area (Å²) < 4.78 is 15.2. The number of carbonyl (C=O) groups is 2. The molecule has 35 heavy (non-hydrogen) atoms. The molecule has 1 saturated heterocycles. The number of hydrogen-bond acceptors (Lipinski definition) is 13. The number of aromatic hydroxyl groups is 5. The fraction of sp³-hybridized carbons (Fsp3) is 0.273. The molecule has 188 valence electrons. The Balaban J connectivity index is 1.73.